The van der Waals surface area contributed by atoms with E-state index in [2.05, 4.69) is 0 Å². The summed E-state index contributed by atoms with van der Waals surface area (Å²) in [7, 11) is 0. The number of hydrogen-bond acceptors (Lipinski definition) is 2. The van der Waals surface area contributed by atoms with Crippen LogP contribution in [0.5, 0.6) is 5.75 Å². The standard InChI is InChI=1S/C8H9O2.C5H5.Fe/c1-2-8(9)10-7-5-3-4-6-7;1-2-4-5-3-1;/h3-6H,2H2,1H3;1-5H;/q-1;-5;. The van der Waals surface area contributed by atoms with Crippen LogP contribution in [0.15, 0.2) is 54.6 Å². The van der Waals surface area contributed by atoms with Crippen LogP contribution in [0.4, 0.5) is 0 Å². The smallest absolute Gasteiger partial charge is 0.233 e. The van der Waals surface area contributed by atoms with Crippen LogP contribution in [0.3, 0.4) is 0 Å². The van der Waals surface area contributed by atoms with Gasteiger partial charge >= 0.3 is 0 Å². The first-order valence-corrected chi connectivity index (χ1v) is 4.92. The van der Waals surface area contributed by atoms with E-state index in [1.165, 1.54) is 0 Å². The van der Waals surface area contributed by atoms with Crippen molar-refractivity contribution >= 4 is 5.97 Å². The average Bonchev–Trinajstić information content (AvgIpc) is 2.92. The van der Waals surface area contributed by atoms with E-state index in [4.69, 9.17) is 4.74 Å². The van der Waals surface area contributed by atoms with Gasteiger partial charge < -0.3 is 39.9 Å². The quantitative estimate of drug-likeness (QED) is 0.470. The van der Waals surface area contributed by atoms with Gasteiger partial charge in [-0.05, 0) is 0 Å². The molecule has 0 aliphatic carbocycles. The summed E-state index contributed by atoms with van der Waals surface area (Å²) in [5, 5.41) is 0. The first kappa shape index (κ1) is 14.7. The Kier molecular flexibility index (Phi) is 8.22. The molecule has 0 bridgehead atoms. The van der Waals surface area contributed by atoms with Crippen molar-refractivity contribution in [2.45, 2.75) is 13.3 Å². The molecule has 2 rings (SSSR count). The molecular weight excluding hydrogens is 244 g/mol. The molecule has 2 nitrogen and oxygen atoms in total. The Morgan fingerprint density at radius 1 is 1.12 bits per heavy atom. The summed E-state index contributed by atoms with van der Waals surface area (Å²) >= 11 is 0. The molecule has 0 saturated carbocycles. The number of carbonyl (C=O) groups is 1. The third kappa shape index (κ3) is 6.23. The summed E-state index contributed by atoms with van der Waals surface area (Å²) in [4.78, 5) is 10.7. The van der Waals surface area contributed by atoms with Gasteiger partial charge in [0.15, 0.2) is 0 Å². The number of ether oxygens (including phenoxy) is 1. The first-order valence-electron chi connectivity index (χ1n) is 4.92. The maximum absolute atomic E-state index is 10.7. The fourth-order valence-electron chi connectivity index (χ4n) is 0.949. The molecule has 0 heterocycles. The molecule has 0 unspecified atom stereocenters. The fraction of sp³-hybridized carbons (Fsp3) is 0.154. The zero-order chi connectivity index (χ0) is 10.9. The van der Waals surface area contributed by atoms with Gasteiger partial charge in [-0.1, -0.05) is 6.92 Å². The number of esters is 1. The fourth-order valence-corrected chi connectivity index (χ4v) is 0.949. The van der Waals surface area contributed by atoms with Crippen LogP contribution in [0.1, 0.15) is 13.3 Å². The Balaban J connectivity index is 0.000000318. The molecule has 92 valence electrons. The van der Waals surface area contributed by atoms with E-state index in [1.807, 2.05) is 42.5 Å². The SMILES string of the molecule is CCC(=O)O[c-]1cccc1.[Fe].[cH-]1[cH-][cH-][cH-][cH-]1. The summed E-state index contributed by atoms with van der Waals surface area (Å²) in [6.45, 7) is 1.77. The van der Waals surface area contributed by atoms with Crippen LogP contribution < -0.4 is 4.74 Å². The number of carbonyl (C=O) groups excluding carboxylic acids is 1. The number of hydrogen-bond donors (Lipinski definition) is 0. The molecule has 0 aromatic heterocycles. The molecule has 0 aliphatic rings. The summed E-state index contributed by atoms with van der Waals surface area (Å²) in [5.74, 6) is 0.443. The van der Waals surface area contributed by atoms with Crippen LogP contribution in [0.2, 0.25) is 0 Å². The van der Waals surface area contributed by atoms with Gasteiger partial charge in [0.2, 0.25) is 5.97 Å². The Hall–Kier alpha value is -1.31. The molecule has 0 radical (unpaired) electrons. The van der Waals surface area contributed by atoms with E-state index in [0.29, 0.717) is 12.2 Å². The van der Waals surface area contributed by atoms with Crippen LogP contribution in [0.25, 0.3) is 0 Å². The second-order valence-electron chi connectivity index (χ2n) is 2.91. The minimum Gasteiger partial charge on any atom is -0.748 e. The zero-order valence-electron chi connectivity index (χ0n) is 9.07. The minimum atomic E-state index is -0.189. The van der Waals surface area contributed by atoms with Gasteiger partial charge in [-0.25, -0.2) is 0 Å². The summed E-state index contributed by atoms with van der Waals surface area (Å²) in [5.41, 5.74) is 0. The van der Waals surface area contributed by atoms with E-state index in [0.717, 1.165) is 0 Å². The summed E-state index contributed by atoms with van der Waals surface area (Å²) in [6, 6.07) is 17.2. The Bertz CT molecular complexity index is 332. The van der Waals surface area contributed by atoms with Crippen molar-refractivity contribution in [1.29, 1.82) is 0 Å². The van der Waals surface area contributed by atoms with Gasteiger partial charge in [-0.15, -0.1) is 12.1 Å². The number of rotatable bonds is 2. The predicted octanol–water partition coefficient (Wildman–Crippen LogP) is 3.12. The molecule has 0 fully saturated rings. The molecule has 3 heteroatoms. The molecule has 0 spiro atoms. The third-order valence-electron chi connectivity index (χ3n) is 1.71. The van der Waals surface area contributed by atoms with Crippen molar-refractivity contribution < 1.29 is 26.6 Å². The van der Waals surface area contributed by atoms with Gasteiger partial charge in [0.05, 0.1) is 0 Å². The molecule has 0 atom stereocenters. The van der Waals surface area contributed by atoms with E-state index < -0.39 is 0 Å². The van der Waals surface area contributed by atoms with Crippen LogP contribution in [-0.2, 0) is 21.9 Å². The Morgan fingerprint density at radius 3 is 1.94 bits per heavy atom. The maximum atomic E-state index is 10.7. The van der Waals surface area contributed by atoms with Gasteiger partial charge in [-0.3, -0.25) is 0 Å². The largest absolute Gasteiger partial charge is 0.748 e. The van der Waals surface area contributed by atoms with Crippen molar-refractivity contribution in [3.05, 3.63) is 54.6 Å². The van der Waals surface area contributed by atoms with Gasteiger partial charge in [0.25, 0.3) is 0 Å². The molecule has 0 aliphatic heterocycles. The molecular formula is C13H14FeO2-6. The van der Waals surface area contributed by atoms with E-state index in [9.17, 15) is 4.79 Å². The molecule has 0 amide bonds. The van der Waals surface area contributed by atoms with Gasteiger partial charge in [-0.2, -0.15) is 12.1 Å². The van der Waals surface area contributed by atoms with Crippen LogP contribution >= 0.6 is 0 Å². The van der Waals surface area contributed by atoms with Crippen molar-refractivity contribution in [2.75, 3.05) is 0 Å². The van der Waals surface area contributed by atoms with E-state index in [-0.39, 0.29) is 23.0 Å². The van der Waals surface area contributed by atoms with Crippen molar-refractivity contribution in [3.63, 3.8) is 0 Å². The molecule has 0 saturated heterocycles. The third-order valence-corrected chi connectivity index (χ3v) is 1.71. The van der Waals surface area contributed by atoms with E-state index >= 15 is 0 Å². The molecule has 2 aromatic carbocycles. The van der Waals surface area contributed by atoms with Gasteiger partial charge in [0.1, 0.15) is 0 Å². The van der Waals surface area contributed by atoms with Crippen molar-refractivity contribution in [2.24, 2.45) is 0 Å². The minimum absolute atomic E-state index is 0. The average molecular weight is 258 g/mol. The second-order valence-corrected chi connectivity index (χ2v) is 2.91. The van der Waals surface area contributed by atoms with E-state index in [1.54, 1.807) is 19.1 Å². The topological polar surface area (TPSA) is 26.3 Å². The molecule has 0 N–H and O–H groups in total. The normalized spacial score (nSPS) is 8.31. The van der Waals surface area contributed by atoms with Crippen LogP contribution in [0, 0.1) is 0 Å². The Morgan fingerprint density at radius 2 is 1.56 bits per heavy atom. The Labute approximate surface area is 106 Å². The summed E-state index contributed by atoms with van der Waals surface area (Å²) in [6.07, 6.45) is 0.422. The summed E-state index contributed by atoms with van der Waals surface area (Å²) < 4.78 is 4.86. The first-order chi connectivity index (χ1) is 7.33. The second kappa shape index (κ2) is 8.95. The van der Waals surface area contributed by atoms with Crippen molar-refractivity contribution in [1.82, 2.24) is 0 Å². The van der Waals surface area contributed by atoms with Crippen molar-refractivity contribution in [3.8, 4) is 5.75 Å². The predicted molar refractivity (Wildman–Crippen MR) is 60.0 cm³/mol. The monoisotopic (exact) mass is 258 g/mol. The molecule has 2 aromatic rings. The molecule has 16 heavy (non-hydrogen) atoms. The van der Waals surface area contributed by atoms with Crippen LogP contribution in [-0.4, -0.2) is 5.97 Å². The van der Waals surface area contributed by atoms with Gasteiger partial charge in [0, 0.05) is 29.2 Å². The maximum Gasteiger partial charge on any atom is 0.233 e. The zero-order valence-corrected chi connectivity index (χ0v) is 10.2.